The van der Waals surface area contributed by atoms with E-state index in [2.05, 4.69) is 17.0 Å². The summed E-state index contributed by atoms with van der Waals surface area (Å²) in [6.45, 7) is 2.68. The molecule has 5 heteroatoms. The van der Waals surface area contributed by atoms with Gasteiger partial charge in [-0.2, -0.15) is 0 Å². The first-order valence-electron chi connectivity index (χ1n) is 11.6. The molecule has 1 amide bonds. The Kier molecular flexibility index (Phi) is 6.15. The summed E-state index contributed by atoms with van der Waals surface area (Å²) in [6.07, 6.45) is -0.389. The zero-order chi connectivity index (χ0) is 24.4. The highest BCUT2D eigenvalue weighted by molar-refractivity contribution is 6.12. The Morgan fingerprint density at radius 2 is 1.46 bits per heavy atom. The maximum atomic E-state index is 14.0. The Morgan fingerprint density at radius 3 is 2.17 bits per heavy atom. The molecule has 4 aromatic carbocycles. The van der Waals surface area contributed by atoms with Crippen molar-refractivity contribution in [2.75, 3.05) is 24.0 Å². The van der Waals surface area contributed by atoms with Crippen molar-refractivity contribution in [1.82, 2.24) is 0 Å². The minimum Gasteiger partial charge on any atom is -0.493 e. The Labute approximate surface area is 206 Å². The molecule has 0 saturated carbocycles. The molecular formula is C30H28N2O3. The molecule has 176 valence electrons. The lowest BCUT2D eigenvalue weighted by molar-refractivity contribution is 0.0968. The van der Waals surface area contributed by atoms with Gasteiger partial charge in [0.1, 0.15) is 6.17 Å². The van der Waals surface area contributed by atoms with Gasteiger partial charge in [-0.25, -0.2) is 0 Å². The van der Waals surface area contributed by atoms with Crippen molar-refractivity contribution in [2.45, 2.75) is 19.6 Å². The molecule has 1 aliphatic rings. The van der Waals surface area contributed by atoms with Crippen LogP contribution in [0.25, 0.3) is 0 Å². The van der Waals surface area contributed by atoms with Crippen molar-refractivity contribution in [3.8, 4) is 11.5 Å². The predicted molar refractivity (Wildman–Crippen MR) is 139 cm³/mol. The van der Waals surface area contributed by atoms with Crippen LogP contribution >= 0.6 is 0 Å². The SMILES string of the molecule is COc1ccc([C@H]2N(Cc3ccccc3)c3ccccc3C(=O)N2c2ccc(C)cc2)cc1OC. The second kappa shape index (κ2) is 9.55. The van der Waals surface area contributed by atoms with Gasteiger partial charge in [-0.3, -0.25) is 9.69 Å². The number of carbonyl (C=O) groups is 1. The van der Waals surface area contributed by atoms with E-state index >= 15 is 0 Å². The lowest BCUT2D eigenvalue weighted by Crippen LogP contribution is -2.49. The van der Waals surface area contributed by atoms with Crippen LogP contribution < -0.4 is 19.3 Å². The zero-order valence-electron chi connectivity index (χ0n) is 20.1. The van der Waals surface area contributed by atoms with Gasteiger partial charge >= 0.3 is 0 Å². The third kappa shape index (κ3) is 4.21. The highest BCUT2D eigenvalue weighted by Gasteiger charge is 2.39. The Balaban J connectivity index is 1.73. The highest BCUT2D eigenvalue weighted by Crippen LogP contribution is 2.44. The number of benzene rings is 4. The molecule has 0 spiro atoms. The maximum absolute atomic E-state index is 14.0. The first-order chi connectivity index (χ1) is 17.1. The van der Waals surface area contributed by atoms with Gasteiger partial charge in [0.25, 0.3) is 5.91 Å². The second-order valence-corrected chi connectivity index (χ2v) is 8.63. The number of carbonyl (C=O) groups excluding carboxylic acids is 1. The Hall–Kier alpha value is -4.25. The van der Waals surface area contributed by atoms with Gasteiger partial charge in [0.15, 0.2) is 11.5 Å². The van der Waals surface area contributed by atoms with Crippen molar-refractivity contribution in [3.63, 3.8) is 0 Å². The Morgan fingerprint density at radius 1 is 0.771 bits per heavy atom. The minimum absolute atomic E-state index is 0.0338. The summed E-state index contributed by atoms with van der Waals surface area (Å²) in [5, 5.41) is 0. The van der Waals surface area contributed by atoms with Gasteiger partial charge in [0.2, 0.25) is 0 Å². The summed E-state index contributed by atoms with van der Waals surface area (Å²) in [5.41, 5.74) is 5.66. The second-order valence-electron chi connectivity index (χ2n) is 8.63. The molecule has 0 aromatic heterocycles. The summed E-state index contributed by atoms with van der Waals surface area (Å²) >= 11 is 0. The van der Waals surface area contributed by atoms with Crippen molar-refractivity contribution in [3.05, 3.63) is 119 Å². The molecule has 0 bridgehead atoms. The third-order valence-electron chi connectivity index (χ3n) is 6.42. The fraction of sp³-hybridized carbons (Fsp3) is 0.167. The van der Waals surface area contributed by atoms with Gasteiger partial charge < -0.3 is 14.4 Å². The van der Waals surface area contributed by atoms with Crippen LogP contribution in [0.15, 0.2) is 97.1 Å². The number of fused-ring (bicyclic) bond motifs is 1. The van der Waals surface area contributed by atoms with Crippen LogP contribution in [-0.2, 0) is 6.54 Å². The molecule has 35 heavy (non-hydrogen) atoms. The average Bonchev–Trinajstić information content (AvgIpc) is 2.91. The smallest absolute Gasteiger partial charge is 0.262 e. The van der Waals surface area contributed by atoms with Crippen LogP contribution in [0.5, 0.6) is 11.5 Å². The molecular weight excluding hydrogens is 436 g/mol. The van der Waals surface area contributed by atoms with E-state index < -0.39 is 0 Å². The van der Waals surface area contributed by atoms with E-state index in [1.54, 1.807) is 14.2 Å². The lowest BCUT2D eigenvalue weighted by Gasteiger charge is -2.46. The topological polar surface area (TPSA) is 42.0 Å². The standard InChI is InChI=1S/C30H28N2O3/c1-21-13-16-24(17-14-21)32-29(23-15-18-27(34-2)28(19-23)35-3)31(20-22-9-5-4-6-10-22)26-12-8-7-11-25(26)30(32)33/h4-19,29H,20H2,1-3H3/t29-/m0/s1. The van der Waals surface area contributed by atoms with Crippen LogP contribution in [0.4, 0.5) is 11.4 Å². The number of amides is 1. The summed E-state index contributed by atoms with van der Waals surface area (Å²) in [6, 6.07) is 32.1. The average molecular weight is 465 g/mol. The summed E-state index contributed by atoms with van der Waals surface area (Å²) in [4.78, 5) is 18.2. The van der Waals surface area contributed by atoms with Gasteiger partial charge in [-0.15, -0.1) is 0 Å². The van der Waals surface area contributed by atoms with Crippen LogP contribution in [-0.4, -0.2) is 20.1 Å². The molecule has 0 fully saturated rings. The quantitative estimate of drug-likeness (QED) is 0.332. The van der Waals surface area contributed by atoms with E-state index in [1.807, 2.05) is 96.8 Å². The number of hydrogen-bond acceptors (Lipinski definition) is 4. The van der Waals surface area contributed by atoms with E-state index in [1.165, 1.54) is 0 Å². The monoisotopic (exact) mass is 464 g/mol. The number of methoxy groups -OCH3 is 2. The molecule has 0 aliphatic carbocycles. The molecule has 5 nitrogen and oxygen atoms in total. The number of rotatable bonds is 6. The first kappa shape index (κ1) is 22.5. The Bertz CT molecular complexity index is 1340. The van der Waals surface area contributed by atoms with E-state index in [0.29, 0.717) is 23.6 Å². The molecule has 0 radical (unpaired) electrons. The molecule has 4 aromatic rings. The molecule has 0 saturated heterocycles. The van der Waals surface area contributed by atoms with E-state index in [9.17, 15) is 4.79 Å². The third-order valence-corrected chi connectivity index (χ3v) is 6.42. The van der Waals surface area contributed by atoms with Crippen LogP contribution in [0.1, 0.15) is 33.2 Å². The highest BCUT2D eigenvalue weighted by atomic mass is 16.5. The summed E-state index contributed by atoms with van der Waals surface area (Å²) in [5.74, 6) is 1.24. The first-order valence-corrected chi connectivity index (χ1v) is 11.6. The molecule has 1 atom stereocenters. The maximum Gasteiger partial charge on any atom is 0.262 e. The van der Waals surface area contributed by atoms with Crippen LogP contribution in [0.3, 0.4) is 0 Å². The molecule has 1 heterocycles. The number of hydrogen-bond donors (Lipinski definition) is 0. The van der Waals surface area contributed by atoms with E-state index in [4.69, 9.17) is 9.47 Å². The van der Waals surface area contributed by atoms with Crippen molar-refractivity contribution in [1.29, 1.82) is 0 Å². The van der Waals surface area contributed by atoms with Crippen molar-refractivity contribution >= 4 is 17.3 Å². The van der Waals surface area contributed by atoms with E-state index in [-0.39, 0.29) is 12.1 Å². The summed E-state index contributed by atoms with van der Waals surface area (Å²) < 4.78 is 11.1. The summed E-state index contributed by atoms with van der Waals surface area (Å²) in [7, 11) is 3.25. The largest absolute Gasteiger partial charge is 0.493 e. The van der Waals surface area contributed by atoms with Crippen LogP contribution in [0, 0.1) is 6.92 Å². The fourth-order valence-electron chi connectivity index (χ4n) is 4.67. The van der Waals surface area contributed by atoms with Gasteiger partial charge in [0, 0.05) is 12.2 Å². The van der Waals surface area contributed by atoms with Gasteiger partial charge in [0.05, 0.1) is 25.5 Å². The van der Waals surface area contributed by atoms with Crippen molar-refractivity contribution in [2.24, 2.45) is 0 Å². The zero-order valence-corrected chi connectivity index (χ0v) is 20.1. The number of nitrogens with zero attached hydrogens (tertiary/aromatic N) is 2. The normalized spacial score (nSPS) is 15.1. The van der Waals surface area contributed by atoms with Crippen molar-refractivity contribution < 1.29 is 14.3 Å². The van der Waals surface area contributed by atoms with Gasteiger partial charge in [-0.05, 0) is 54.4 Å². The molecule has 5 rings (SSSR count). The number of ether oxygens (including phenoxy) is 2. The molecule has 1 aliphatic heterocycles. The predicted octanol–water partition coefficient (Wildman–Crippen LogP) is 6.38. The number of anilines is 2. The minimum atomic E-state index is -0.389. The fourth-order valence-corrected chi connectivity index (χ4v) is 4.67. The number of para-hydroxylation sites is 1. The lowest BCUT2D eigenvalue weighted by atomic mass is 9.98. The molecule has 0 unspecified atom stereocenters. The van der Waals surface area contributed by atoms with Gasteiger partial charge in [-0.1, -0.05) is 66.2 Å². The number of aryl methyl sites for hydroxylation is 1. The van der Waals surface area contributed by atoms with Crippen LogP contribution in [0.2, 0.25) is 0 Å². The van der Waals surface area contributed by atoms with E-state index in [0.717, 1.165) is 28.1 Å². The molecule has 0 N–H and O–H groups in total.